The maximum atomic E-state index is 13.1. The van der Waals surface area contributed by atoms with E-state index in [-0.39, 0.29) is 17.2 Å². The predicted octanol–water partition coefficient (Wildman–Crippen LogP) is 4.58. The SMILES string of the molecule is COc1ccc(C(O)=C2C(=O)C(=O)N(c3cc(C)on3)[C@@H]2c2ccc(Cl)cc2)cc1C. The van der Waals surface area contributed by atoms with Crippen LogP contribution in [0.2, 0.25) is 5.02 Å². The second-order valence-electron chi connectivity index (χ2n) is 7.20. The third-order valence-corrected chi connectivity index (χ3v) is 5.41. The van der Waals surface area contributed by atoms with Gasteiger partial charge in [0, 0.05) is 16.7 Å². The summed E-state index contributed by atoms with van der Waals surface area (Å²) in [5.74, 6) is -0.593. The summed E-state index contributed by atoms with van der Waals surface area (Å²) in [5, 5.41) is 15.5. The molecule has 0 saturated carbocycles. The van der Waals surface area contributed by atoms with Crippen LogP contribution in [0.25, 0.3) is 5.76 Å². The molecule has 2 heterocycles. The number of Topliss-reactive ketones (excluding diaryl/α,β-unsaturated/α-hetero) is 1. The molecule has 1 atom stereocenters. The molecule has 0 bridgehead atoms. The second kappa shape index (κ2) is 7.92. The molecule has 0 spiro atoms. The van der Waals surface area contributed by atoms with E-state index in [1.807, 2.05) is 6.92 Å². The molecule has 0 unspecified atom stereocenters. The Balaban J connectivity index is 1.93. The van der Waals surface area contributed by atoms with Crippen molar-refractivity contribution < 1.29 is 24.0 Å². The first-order valence-electron chi connectivity index (χ1n) is 9.46. The molecule has 1 aromatic heterocycles. The molecular weight excluding hydrogens is 420 g/mol. The molecule has 7 nitrogen and oxygen atoms in total. The van der Waals surface area contributed by atoms with Gasteiger partial charge in [0.05, 0.1) is 18.7 Å². The topological polar surface area (TPSA) is 92.9 Å². The fourth-order valence-electron chi connectivity index (χ4n) is 3.68. The summed E-state index contributed by atoms with van der Waals surface area (Å²) in [4.78, 5) is 27.3. The summed E-state index contributed by atoms with van der Waals surface area (Å²) in [7, 11) is 1.55. The van der Waals surface area contributed by atoms with Gasteiger partial charge in [0.2, 0.25) is 0 Å². The molecular formula is C23H19ClN2O5. The van der Waals surface area contributed by atoms with Crippen molar-refractivity contribution in [1.82, 2.24) is 5.16 Å². The third kappa shape index (κ3) is 3.57. The highest BCUT2D eigenvalue weighted by atomic mass is 35.5. The Kier molecular flexibility index (Phi) is 5.29. The number of halogens is 1. The smallest absolute Gasteiger partial charge is 0.301 e. The van der Waals surface area contributed by atoms with Crippen LogP contribution in [0.4, 0.5) is 5.82 Å². The molecule has 1 aliphatic heterocycles. The molecule has 1 saturated heterocycles. The van der Waals surface area contributed by atoms with E-state index in [9.17, 15) is 14.7 Å². The Bertz CT molecular complexity index is 1210. The van der Waals surface area contributed by atoms with Gasteiger partial charge < -0.3 is 14.4 Å². The van der Waals surface area contributed by atoms with Crippen molar-refractivity contribution in [3.05, 3.63) is 81.6 Å². The van der Waals surface area contributed by atoms with Crippen molar-refractivity contribution in [3.8, 4) is 5.75 Å². The summed E-state index contributed by atoms with van der Waals surface area (Å²) in [6, 6.07) is 12.4. The van der Waals surface area contributed by atoms with Crippen molar-refractivity contribution in [1.29, 1.82) is 0 Å². The molecule has 1 aliphatic rings. The standard InChI is InChI=1S/C23H19ClN2O5/c1-12-10-15(6-9-17(12)30-3)21(27)19-20(14-4-7-16(24)8-5-14)26(23(29)22(19)28)18-11-13(2)31-25-18/h4-11,20,27H,1-3H3/t20-/m1/s1. The summed E-state index contributed by atoms with van der Waals surface area (Å²) >= 11 is 6.03. The molecule has 158 valence electrons. The highest BCUT2D eigenvalue weighted by Crippen LogP contribution is 2.42. The minimum Gasteiger partial charge on any atom is -0.507 e. The number of amides is 1. The van der Waals surface area contributed by atoms with Crippen LogP contribution in [0.1, 0.15) is 28.5 Å². The number of aliphatic hydroxyl groups excluding tert-OH is 1. The van der Waals surface area contributed by atoms with Gasteiger partial charge in [0.25, 0.3) is 5.78 Å². The fourth-order valence-corrected chi connectivity index (χ4v) is 3.80. The number of carbonyl (C=O) groups is 2. The largest absolute Gasteiger partial charge is 0.507 e. The normalized spacial score (nSPS) is 17.9. The molecule has 0 radical (unpaired) electrons. The lowest BCUT2D eigenvalue weighted by atomic mass is 9.95. The Morgan fingerprint density at radius 2 is 1.84 bits per heavy atom. The molecule has 1 N–H and O–H groups in total. The number of carbonyl (C=O) groups excluding carboxylic acids is 2. The number of rotatable bonds is 4. The molecule has 31 heavy (non-hydrogen) atoms. The van der Waals surface area contributed by atoms with Crippen LogP contribution in [0.15, 0.2) is 58.6 Å². The van der Waals surface area contributed by atoms with Gasteiger partial charge in [-0.1, -0.05) is 28.9 Å². The van der Waals surface area contributed by atoms with Gasteiger partial charge in [0.1, 0.15) is 17.3 Å². The Labute approximate surface area is 183 Å². The summed E-state index contributed by atoms with van der Waals surface area (Å²) < 4.78 is 10.4. The number of hydrogen-bond acceptors (Lipinski definition) is 6. The molecule has 1 fully saturated rings. The zero-order chi connectivity index (χ0) is 22.3. The van der Waals surface area contributed by atoms with Crippen molar-refractivity contribution in [2.24, 2.45) is 0 Å². The molecule has 3 aromatic rings. The number of methoxy groups -OCH3 is 1. The van der Waals surface area contributed by atoms with Crippen LogP contribution in [-0.4, -0.2) is 29.1 Å². The van der Waals surface area contributed by atoms with Gasteiger partial charge in [-0.15, -0.1) is 0 Å². The summed E-state index contributed by atoms with van der Waals surface area (Å²) in [6.45, 7) is 3.51. The zero-order valence-electron chi connectivity index (χ0n) is 17.0. The third-order valence-electron chi connectivity index (χ3n) is 5.16. The van der Waals surface area contributed by atoms with Gasteiger partial charge in [-0.05, 0) is 55.3 Å². The number of aromatic nitrogens is 1. The van der Waals surface area contributed by atoms with E-state index < -0.39 is 17.7 Å². The first kappa shape index (κ1) is 20.7. The van der Waals surface area contributed by atoms with Crippen molar-refractivity contribution in [2.75, 3.05) is 12.0 Å². The molecule has 4 rings (SSSR count). The lowest BCUT2D eigenvalue weighted by Crippen LogP contribution is -2.29. The fraction of sp³-hybridized carbons (Fsp3) is 0.174. The monoisotopic (exact) mass is 438 g/mol. The lowest BCUT2D eigenvalue weighted by molar-refractivity contribution is -0.132. The molecule has 8 heteroatoms. The summed E-state index contributed by atoms with van der Waals surface area (Å²) in [5.41, 5.74) is 1.72. The van der Waals surface area contributed by atoms with Crippen LogP contribution in [0, 0.1) is 13.8 Å². The number of ether oxygens (including phenoxy) is 1. The Hall–Kier alpha value is -3.58. The van der Waals surface area contributed by atoms with Crippen LogP contribution in [-0.2, 0) is 9.59 Å². The van der Waals surface area contributed by atoms with Gasteiger partial charge in [-0.3, -0.25) is 14.5 Å². The van der Waals surface area contributed by atoms with E-state index in [2.05, 4.69) is 5.16 Å². The van der Waals surface area contributed by atoms with Gasteiger partial charge in [-0.25, -0.2) is 0 Å². The Morgan fingerprint density at radius 3 is 2.42 bits per heavy atom. The van der Waals surface area contributed by atoms with Crippen molar-refractivity contribution in [3.63, 3.8) is 0 Å². The van der Waals surface area contributed by atoms with E-state index in [1.165, 1.54) is 4.90 Å². The van der Waals surface area contributed by atoms with E-state index in [1.54, 1.807) is 62.6 Å². The van der Waals surface area contributed by atoms with E-state index in [0.717, 1.165) is 5.56 Å². The van der Waals surface area contributed by atoms with Crippen LogP contribution in [0.5, 0.6) is 5.75 Å². The first-order valence-corrected chi connectivity index (χ1v) is 9.84. The maximum Gasteiger partial charge on any atom is 0.301 e. The van der Waals surface area contributed by atoms with Gasteiger partial charge in [-0.2, -0.15) is 0 Å². The van der Waals surface area contributed by atoms with Gasteiger partial charge in [0.15, 0.2) is 5.82 Å². The molecule has 2 aromatic carbocycles. The number of ketones is 1. The zero-order valence-corrected chi connectivity index (χ0v) is 17.8. The number of anilines is 1. The molecule has 1 amide bonds. The first-order chi connectivity index (χ1) is 14.8. The number of benzene rings is 2. The second-order valence-corrected chi connectivity index (χ2v) is 7.64. The van der Waals surface area contributed by atoms with E-state index in [0.29, 0.717) is 27.7 Å². The number of aryl methyl sites for hydroxylation is 2. The highest BCUT2D eigenvalue weighted by Gasteiger charge is 2.48. The maximum absolute atomic E-state index is 13.1. The minimum atomic E-state index is -0.899. The van der Waals surface area contributed by atoms with E-state index in [4.69, 9.17) is 20.9 Å². The Morgan fingerprint density at radius 1 is 1.13 bits per heavy atom. The van der Waals surface area contributed by atoms with Crippen LogP contribution in [0.3, 0.4) is 0 Å². The van der Waals surface area contributed by atoms with Gasteiger partial charge >= 0.3 is 5.91 Å². The highest BCUT2D eigenvalue weighted by molar-refractivity contribution is 6.51. The lowest BCUT2D eigenvalue weighted by Gasteiger charge is -2.23. The van der Waals surface area contributed by atoms with E-state index >= 15 is 0 Å². The average molecular weight is 439 g/mol. The molecule has 0 aliphatic carbocycles. The number of nitrogens with zero attached hydrogens (tertiary/aromatic N) is 2. The minimum absolute atomic E-state index is 0.0439. The summed E-state index contributed by atoms with van der Waals surface area (Å²) in [6.07, 6.45) is 0. The predicted molar refractivity (Wildman–Crippen MR) is 115 cm³/mol. The quantitative estimate of drug-likeness (QED) is 0.364. The van der Waals surface area contributed by atoms with Crippen LogP contribution >= 0.6 is 11.6 Å². The number of aliphatic hydroxyl groups is 1. The van der Waals surface area contributed by atoms with Crippen molar-refractivity contribution in [2.45, 2.75) is 19.9 Å². The van der Waals surface area contributed by atoms with Crippen LogP contribution < -0.4 is 9.64 Å². The van der Waals surface area contributed by atoms with Crippen molar-refractivity contribution >= 4 is 34.9 Å². The number of hydrogen-bond donors (Lipinski definition) is 1. The average Bonchev–Trinajstić information content (AvgIpc) is 3.29.